The average Bonchev–Trinajstić information content (AvgIpc) is 2.81. The Hall–Kier alpha value is -1.85. The van der Waals surface area contributed by atoms with E-state index in [2.05, 4.69) is 5.32 Å². The maximum atomic E-state index is 12.0. The van der Waals surface area contributed by atoms with Gasteiger partial charge in [-0.25, -0.2) is 0 Å². The number of aryl methyl sites for hydroxylation is 1. The minimum absolute atomic E-state index is 0.168. The van der Waals surface area contributed by atoms with Gasteiger partial charge in [-0.15, -0.1) is 0 Å². The van der Waals surface area contributed by atoms with Gasteiger partial charge in [0.25, 0.3) is 5.91 Å². The van der Waals surface area contributed by atoms with Gasteiger partial charge in [0.2, 0.25) is 0 Å². The number of hydrogen-bond donors (Lipinski definition) is 2. The highest BCUT2D eigenvalue weighted by Crippen LogP contribution is 2.20. The summed E-state index contributed by atoms with van der Waals surface area (Å²) in [6.45, 7) is 4.65. The molecule has 0 saturated heterocycles. The number of amides is 1. The molecule has 0 radical (unpaired) electrons. The number of rotatable bonds is 6. The van der Waals surface area contributed by atoms with Crippen LogP contribution in [0, 0.1) is 6.92 Å². The number of carbonyl (C=O) groups excluding carboxylic acids is 1. The Morgan fingerprint density at radius 1 is 1.45 bits per heavy atom. The normalized spacial score (nSPS) is 12.6. The van der Waals surface area contributed by atoms with Gasteiger partial charge in [0, 0.05) is 24.1 Å². The Balaban J connectivity index is 1.96. The molecule has 5 nitrogen and oxygen atoms in total. The number of carbonyl (C=O) groups is 1. The first-order chi connectivity index (χ1) is 9.60. The van der Waals surface area contributed by atoms with Crippen LogP contribution in [-0.2, 0) is 4.74 Å². The molecular weight excluding hydrogens is 258 g/mol. The van der Waals surface area contributed by atoms with Crippen LogP contribution in [0.25, 0.3) is 11.0 Å². The van der Waals surface area contributed by atoms with E-state index in [0.717, 1.165) is 16.7 Å². The van der Waals surface area contributed by atoms with Gasteiger partial charge < -0.3 is 19.6 Å². The molecular formula is C15H19NO4. The molecule has 108 valence electrons. The smallest absolute Gasteiger partial charge is 0.251 e. The fourth-order valence-electron chi connectivity index (χ4n) is 1.94. The molecule has 1 aromatic heterocycles. The second-order valence-electron chi connectivity index (χ2n) is 4.63. The number of hydrogen-bond acceptors (Lipinski definition) is 4. The molecule has 0 unspecified atom stereocenters. The van der Waals surface area contributed by atoms with E-state index in [9.17, 15) is 9.90 Å². The lowest BCUT2D eigenvalue weighted by Gasteiger charge is -2.11. The number of ether oxygens (including phenoxy) is 1. The van der Waals surface area contributed by atoms with Crippen LogP contribution in [0.15, 0.2) is 28.7 Å². The number of furan rings is 1. The average molecular weight is 277 g/mol. The Morgan fingerprint density at radius 2 is 2.25 bits per heavy atom. The lowest BCUT2D eigenvalue weighted by molar-refractivity contribution is 0.0418. The molecule has 5 heteroatoms. The van der Waals surface area contributed by atoms with Crippen molar-refractivity contribution in [1.82, 2.24) is 5.32 Å². The molecule has 2 rings (SSSR count). The van der Waals surface area contributed by atoms with Gasteiger partial charge in [0.1, 0.15) is 11.3 Å². The van der Waals surface area contributed by atoms with E-state index in [1.165, 1.54) is 0 Å². The zero-order chi connectivity index (χ0) is 14.5. The zero-order valence-corrected chi connectivity index (χ0v) is 11.7. The molecule has 0 aliphatic carbocycles. The van der Waals surface area contributed by atoms with Crippen molar-refractivity contribution >= 4 is 16.9 Å². The Kier molecular flexibility index (Phi) is 4.76. The fourth-order valence-corrected chi connectivity index (χ4v) is 1.94. The predicted molar refractivity (Wildman–Crippen MR) is 75.8 cm³/mol. The molecule has 1 atom stereocenters. The summed E-state index contributed by atoms with van der Waals surface area (Å²) in [7, 11) is 0. The standard InChI is InChI=1S/C15H19NO4/c1-3-19-9-13(17)8-16-15(18)11-4-5-14-12(7-11)6-10(2)20-14/h4-7,13,17H,3,8-9H2,1-2H3,(H,16,18)/t13-/m1/s1. The number of aliphatic hydroxyl groups excluding tert-OH is 1. The van der Waals surface area contributed by atoms with Gasteiger partial charge in [-0.2, -0.15) is 0 Å². The molecule has 0 spiro atoms. The van der Waals surface area contributed by atoms with Crippen LogP contribution in [0.3, 0.4) is 0 Å². The highest BCUT2D eigenvalue weighted by Gasteiger charge is 2.10. The van der Waals surface area contributed by atoms with E-state index in [4.69, 9.17) is 9.15 Å². The minimum Gasteiger partial charge on any atom is -0.461 e. The highest BCUT2D eigenvalue weighted by molar-refractivity contribution is 5.97. The van der Waals surface area contributed by atoms with Crippen molar-refractivity contribution in [3.63, 3.8) is 0 Å². The number of fused-ring (bicyclic) bond motifs is 1. The summed E-state index contributed by atoms with van der Waals surface area (Å²) < 4.78 is 10.5. The summed E-state index contributed by atoms with van der Waals surface area (Å²) in [5.74, 6) is 0.589. The maximum Gasteiger partial charge on any atom is 0.251 e. The van der Waals surface area contributed by atoms with Crippen molar-refractivity contribution in [1.29, 1.82) is 0 Å². The summed E-state index contributed by atoms with van der Waals surface area (Å²) in [4.78, 5) is 12.0. The monoisotopic (exact) mass is 277 g/mol. The highest BCUT2D eigenvalue weighted by atomic mass is 16.5. The Bertz CT molecular complexity index is 591. The van der Waals surface area contributed by atoms with E-state index in [-0.39, 0.29) is 19.1 Å². The number of aliphatic hydroxyl groups is 1. The Labute approximate surface area is 117 Å². The predicted octanol–water partition coefficient (Wildman–Crippen LogP) is 1.87. The second kappa shape index (κ2) is 6.54. The molecule has 20 heavy (non-hydrogen) atoms. The van der Waals surface area contributed by atoms with Crippen LogP contribution in [0.4, 0.5) is 0 Å². The molecule has 0 aliphatic heterocycles. The first-order valence-corrected chi connectivity index (χ1v) is 6.64. The van der Waals surface area contributed by atoms with Crippen molar-refractivity contribution in [3.8, 4) is 0 Å². The van der Waals surface area contributed by atoms with Gasteiger partial charge in [0.15, 0.2) is 0 Å². The largest absolute Gasteiger partial charge is 0.461 e. The second-order valence-corrected chi connectivity index (χ2v) is 4.63. The molecule has 2 aromatic rings. The summed E-state index contributed by atoms with van der Waals surface area (Å²) >= 11 is 0. The molecule has 2 N–H and O–H groups in total. The molecule has 1 heterocycles. The third kappa shape index (κ3) is 3.59. The summed E-state index contributed by atoms with van der Waals surface area (Å²) in [6.07, 6.45) is -0.696. The quantitative estimate of drug-likeness (QED) is 0.845. The van der Waals surface area contributed by atoms with Crippen LogP contribution in [0.5, 0.6) is 0 Å². The molecule has 1 amide bonds. The van der Waals surface area contributed by atoms with E-state index in [1.807, 2.05) is 19.9 Å². The summed E-state index contributed by atoms with van der Waals surface area (Å²) in [5, 5.41) is 13.2. The van der Waals surface area contributed by atoms with Gasteiger partial charge in [0.05, 0.1) is 12.7 Å². The van der Waals surface area contributed by atoms with Crippen LogP contribution in [0.2, 0.25) is 0 Å². The van der Waals surface area contributed by atoms with Crippen LogP contribution >= 0.6 is 0 Å². The van der Waals surface area contributed by atoms with Gasteiger partial charge >= 0.3 is 0 Å². The first kappa shape index (κ1) is 14.6. The maximum absolute atomic E-state index is 12.0. The summed E-state index contributed by atoms with van der Waals surface area (Å²) in [6, 6.07) is 7.13. The van der Waals surface area contributed by atoms with Crippen molar-refractivity contribution in [3.05, 3.63) is 35.6 Å². The van der Waals surface area contributed by atoms with Gasteiger partial charge in [-0.05, 0) is 38.1 Å². The van der Waals surface area contributed by atoms with E-state index < -0.39 is 6.10 Å². The molecule has 0 saturated carbocycles. The van der Waals surface area contributed by atoms with E-state index >= 15 is 0 Å². The van der Waals surface area contributed by atoms with Crippen LogP contribution in [-0.4, -0.2) is 36.9 Å². The SMILES string of the molecule is CCOC[C@H](O)CNC(=O)c1ccc2oc(C)cc2c1. The van der Waals surface area contributed by atoms with Crippen LogP contribution < -0.4 is 5.32 Å². The first-order valence-electron chi connectivity index (χ1n) is 6.64. The van der Waals surface area contributed by atoms with Gasteiger partial charge in [-0.1, -0.05) is 0 Å². The number of nitrogens with one attached hydrogen (secondary N) is 1. The topological polar surface area (TPSA) is 71.7 Å². The van der Waals surface area contributed by atoms with Crippen molar-refractivity contribution in [2.24, 2.45) is 0 Å². The minimum atomic E-state index is -0.696. The summed E-state index contributed by atoms with van der Waals surface area (Å²) in [5.41, 5.74) is 1.30. The van der Waals surface area contributed by atoms with Crippen LogP contribution in [0.1, 0.15) is 23.0 Å². The van der Waals surface area contributed by atoms with Crippen molar-refractivity contribution in [2.75, 3.05) is 19.8 Å². The van der Waals surface area contributed by atoms with Gasteiger partial charge in [-0.3, -0.25) is 4.79 Å². The lowest BCUT2D eigenvalue weighted by Crippen LogP contribution is -2.34. The van der Waals surface area contributed by atoms with Crippen molar-refractivity contribution < 1.29 is 19.1 Å². The lowest BCUT2D eigenvalue weighted by atomic mass is 10.1. The molecule has 0 aliphatic rings. The fraction of sp³-hybridized carbons (Fsp3) is 0.400. The molecule has 0 bridgehead atoms. The number of benzene rings is 1. The third-order valence-electron chi connectivity index (χ3n) is 2.91. The van der Waals surface area contributed by atoms with E-state index in [1.54, 1.807) is 18.2 Å². The molecule has 1 aromatic carbocycles. The molecule has 0 fully saturated rings. The third-order valence-corrected chi connectivity index (χ3v) is 2.91. The zero-order valence-electron chi connectivity index (χ0n) is 11.7. The Morgan fingerprint density at radius 3 is 3.00 bits per heavy atom. The van der Waals surface area contributed by atoms with E-state index in [0.29, 0.717) is 12.2 Å². The van der Waals surface area contributed by atoms with Crippen molar-refractivity contribution in [2.45, 2.75) is 20.0 Å².